The summed E-state index contributed by atoms with van der Waals surface area (Å²) in [5, 5.41) is 6.48. The van der Waals surface area contributed by atoms with E-state index in [1.165, 1.54) is 49.4 Å². The van der Waals surface area contributed by atoms with Crippen LogP contribution in [0.2, 0.25) is 0 Å². The third-order valence-electron chi connectivity index (χ3n) is 3.25. The molecule has 0 radical (unpaired) electrons. The molecule has 1 saturated heterocycles. The summed E-state index contributed by atoms with van der Waals surface area (Å²) in [5.41, 5.74) is 3.73. The van der Waals surface area contributed by atoms with E-state index in [2.05, 4.69) is 33.7 Å². The minimum atomic E-state index is 1.18. The Morgan fingerprint density at radius 1 is 1.00 bits per heavy atom. The third kappa shape index (κ3) is 2.23. The lowest BCUT2D eigenvalue weighted by atomic mass is 10.1. The number of benzene rings is 1. The number of hydrogen-bond acceptors (Lipinski definition) is 3. The highest BCUT2D eigenvalue weighted by Crippen LogP contribution is 2.30. The highest BCUT2D eigenvalue weighted by atomic mass is 15.1. The first-order chi connectivity index (χ1) is 7.85. The summed E-state index contributed by atoms with van der Waals surface area (Å²) in [5.74, 6) is 0. The summed E-state index contributed by atoms with van der Waals surface area (Å²) in [7, 11) is 3.95. The summed E-state index contributed by atoms with van der Waals surface area (Å²) < 4.78 is 0. The van der Waals surface area contributed by atoms with Gasteiger partial charge in [-0.25, -0.2) is 0 Å². The Morgan fingerprint density at radius 2 is 1.75 bits per heavy atom. The van der Waals surface area contributed by atoms with Crippen LogP contribution in [0.1, 0.15) is 19.3 Å². The largest absolute Gasteiger partial charge is 0.388 e. The topological polar surface area (TPSA) is 27.3 Å². The van der Waals surface area contributed by atoms with E-state index in [4.69, 9.17) is 0 Å². The monoisotopic (exact) mass is 219 g/mol. The molecule has 3 nitrogen and oxygen atoms in total. The molecule has 1 aromatic carbocycles. The summed E-state index contributed by atoms with van der Waals surface area (Å²) in [6.45, 7) is 2.36. The van der Waals surface area contributed by atoms with E-state index in [1.807, 2.05) is 14.1 Å². The zero-order chi connectivity index (χ0) is 11.4. The van der Waals surface area contributed by atoms with Crippen LogP contribution in [0, 0.1) is 0 Å². The molecule has 16 heavy (non-hydrogen) atoms. The molecule has 88 valence electrons. The molecule has 0 bridgehead atoms. The first-order valence-corrected chi connectivity index (χ1v) is 6.09. The normalized spacial score (nSPS) is 16.0. The zero-order valence-electron chi connectivity index (χ0n) is 10.2. The zero-order valence-corrected chi connectivity index (χ0v) is 10.2. The van der Waals surface area contributed by atoms with Crippen LogP contribution in [0.3, 0.4) is 0 Å². The molecule has 0 spiro atoms. The Morgan fingerprint density at radius 3 is 2.38 bits per heavy atom. The summed E-state index contributed by atoms with van der Waals surface area (Å²) >= 11 is 0. The molecular formula is C13H21N3. The quantitative estimate of drug-likeness (QED) is 0.818. The van der Waals surface area contributed by atoms with Gasteiger partial charge in [-0.15, -0.1) is 0 Å². The maximum atomic E-state index is 3.27. The molecule has 3 heteroatoms. The fourth-order valence-corrected chi connectivity index (χ4v) is 2.29. The van der Waals surface area contributed by atoms with Crippen LogP contribution in [0.15, 0.2) is 18.2 Å². The first-order valence-electron chi connectivity index (χ1n) is 6.09. The standard InChI is InChI=1S/C13H21N3/c1-14-11-6-7-12(15-2)13(10-11)16-8-4-3-5-9-16/h6-7,10,14-15H,3-5,8-9H2,1-2H3. The smallest absolute Gasteiger partial charge is 0.0622 e. The highest BCUT2D eigenvalue weighted by molar-refractivity contribution is 5.74. The van der Waals surface area contributed by atoms with E-state index in [0.717, 1.165) is 0 Å². The van der Waals surface area contributed by atoms with Crippen LogP contribution in [0.4, 0.5) is 17.1 Å². The van der Waals surface area contributed by atoms with Crippen LogP contribution in [0.5, 0.6) is 0 Å². The Kier molecular flexibility index (Phi) is 3.54. The van der Waals surface area contributed by atoms with Crippen molar-refractivity contribution in [1.29, 1.82) is 0 Å². The Balaban J connectivity index is 2.27. The predicted octanol–water partition coefficient (Wildman–Crippen LogP) is 2.76. The fraction of sp³-hybridized carbons (Fsp3) is 0.538. The molecule has 1 aromatic rings. The van der Waals surface area contributed by atoms with Crippen LogP contribution < -0.4 is 15.5 Å². The van der Waals surface area contributed by atoms with Gasteiger partial charge in [0.2, 0.25) is 0 Å². The molecular weight excluding hydrogens is 198 g/mol. The Hall–Kier alpha value is -1.38. The van der Waals surface area contributed by atoms with Gasteiger partial charge in [0.15, 0.2) is 0 Å². The molecule has 2 rings (SSSR count). The number of nitrogens with one attached hydrogen (secondary N) is 2. The highest BCUT2D eigenvalue weighted by Gasteiger charge is 2.14. The van der Waals surface area contributed by atoms with Gasteiger partial charge in [0.1, 0.15) is 0 Å². The molecule has 0 aliphatic carbocycles. The number of anilines is 3. The van der Waals surface area contributed by atoms with Crippen molar-refractivity contribution >= 4 is 17.1 Å². The predicted molar refractivity (Wildman–Crippen MR) is 71.6 cm³/mol. The Bertz CT molecular complexity index is 343. The second-order valence-corrected chi connectivity index (χ2v) is 4.28. The van der Waals surface area contributed by atoms with Gasteiger partial charge in [0.05, 0.1) is 11.4 Å². The molecule has 0 amide bonds. The van der Waals surface area contributed by atoms with E-state index in [-0.39, 0.29) is 0 Å². The lowest BCUT2D eigenvalue weighted by Crippen LogP contribution is -2.30. The maximum absolute atomic E-state index is 3.27. The van der Waals surface area contributed by atoms with Gasteiger partial charge in [0, 0.05) is 32.9 Å². The Labute approximate surface area is 97.8 Å². The molecule has 1 heterocycles. The molecule has 0 atom stereocenters. The molecule has 0 saturated carbocycles. The molecule has 0 unspecified atom stereocenters. The number of nitrogens with zero attached hydrogens (tertiary/aromatic N) is 1. The van der Waals surface area contributed by atoms with Crippen molar-refractivity contribution in [2.24, 2.45) is 0 Å². The van der Waals surface area contributed by atoms with Crippen LogP contribution in [-0.4, -0.2) is 27.2 Å². The average Bonchev–Trinajstić information content (AvgIpc) is 2.39. The first kappa shape index (κ1) is 11.1. The molecule has 1 fully saturated rings. The fourth-order valence-electron chi connectivity index (χ4n) is 2.29. The van der Waals surface area contributed by atoms with E-state index >= 15 is 0 Å². The molecule has 1 aliphatic heterocycles. The van der Waals surface area contributed by atoms with E-state index < -0.39 is 0 Å². The van der Waals surface area contributed by atoms with Crippen LogP contribution >= 0.6 is 0 Å². The molecule has 0 aromatic heterocycles. The van der Waals surface area contributed by atoms with Crippen molar-refractivity contribution in [3.8, 4) is 0 Å². The van der Waals surface area contributed by atoms with Gasteiger partial charge in [-0.3, -0.25) is 0 Å². The summed E-state index contributed by atoms with van der Waals surface area (Å²) in [6, 6.07) is 6.49. The van der Waals surface area contributed by atoms with Crippen molar-refractivity contribution in [3.63, 3.8) is 0 Å². The van der Waals surface area contributed by atoms with Crippen molar-refractivity contribution in [1.82, 2.24) is 0 Å². The van der Waals surface area contributed by atoms with Gasteiger partial charge in [-0.05, 0) is 37.5 Å². The lowest BCUT2D eigenvalue weighted by Gasteiger charge is -2.30. The van der Waals surface area contributed by atoms with Crippen molar-refractivity contribution in [3.05, 3.63) is 18.2 Å². The van der Waals surface area contributed by atoms with E-state index in [0.29, 0.717) is 0 Å². The van der Waals surface area contributed by atoms with Gasteiger partial charge in [-0.1, -0.05) is 0 Å². The molecule has 1 aliphatic rings. The number of piperidine rings is 1. The summed E-state index contributed by atoms with van der Waals surface area (Å²) in [6.07, 6.45) is 4.00. The van der Waals surface area contributed by atoms with Gasteiger partial charge in [0.25, 0.3) is 0 Å². The van der Waals surface area contributed by atoms with Crippen molar-refractivity contribution in [2.45, 2.75) is 19.3 Å². The van der Waals surface area contributed by atoms with Crippen molar-refractivity contribution < 1.29 is 0 Å². The summed E-state index contributed by atoms with van der Waals surface area (Å²) in [4.78, 5) is 2.48. The van der Waals surface area contributed by atoms with Crippen LogP contribution in [0.25, 0.3) is 0 Å². The van der Waals surface area contributed by atoms with Crippen molar-refractivity contribution in [2.75, 3.05) is 42.7 Å². The lowest BCUT2D eigenvalue weighted by molar-refractivity contribution is 0.578. The SMILES string of the molecule is CNc1ccc(NC)c(N2CCCCC2)c1. The van der Waals surface area contributed by atoms with Gasteiger partial charge >= 0.3 is 0 Å². The minimum absolute atomic E-state index is 1.18. The average molecular weight is 219 g/mol. The minimum Gasteiger partial charge on any atom is -0.388 e. The maximum Gasteiger partial charge on any atom is 0.0622 e. The second-order valence-electron chi connectivity index (χ2n) is 4.28. The third-order valence-corrected chi connectivity index (χ3v) is 3.25. The number of hydrogen-bond donors (Lipinski definition) is 2. The molecule has 2 N–H and O–H groups in total. The van der Waals surface area contributed by atoms with Gasteiger partial charge in [-0.2, -0.15) is 0 Å². The number of rotatable bonds is 3. The second kappa shape index (κ2) is 5.10. The van der Waals surface area contributed by atoms with E-state index in [1.54, 1.807) is 0 Å². The van der Waals surface area contributed by atoms with E-state index in [9.17, 15) is 0 Å². The van der Waals surface area contributed by atoms with Crippen LogP contribution in [-0.2, 0) is 0 Å². The van der Waals surface area contributed by atoms with Gasteiger partial charge < -0.3 is 15.5 Å².